The summed E-state index contributed by atoms with van der Waals surface area (Å²) in [5.74, 6) is 4.52. The maximum absolute atomic E-state index is 13.2. The van der Waals surface area contributed by atoms with E-state index >= 15 is 0 Å². The van der Waals surface area contributed by atoms with Crippen molar-refractivity contribution in [2.24, 2.45) is 46.3 Å². The van der Waals surface area contributed by atoms with Crippen molar-refractivity contribution in [3.63, 3.8) is 0 Å². The molecule has 0 bridgehead atoms. The third-order valence-electron chi connectivity index (χ3n) is 12.8. The highest BCUT2D eigenvalue weighted by Gasteiger charge is 2.59. The number of hydrogen-bond donors (Lipinski definition) is 5. The lowest BCUT2D eigenvalue weighted by Gasteiger charge is -2.58. The minimum atomic E-state index is -4.92. The molecule has 0 radical (unpaired) electrons. The zero-order valence-corrected chi connectivity index (χ0v) is 30.0. The second-order valence-electron chi connectivity index (χ2n) is 16.0. The third kappa shape index (κ3) is 8.13. The zero-order valence-electron chi connectivity index (χ0n) is 28.3. The van der Waals surface area contributed by atoms with Gasteiger partial charge >= 0.3 is 6.30 Å². The molecule has 3 saturated carbocycles. The lowest BCUT2D eigenvalue weighted by atomic mass is 9.47. The first-order valence-electron chi connectivity index (χ1n) is 17.5. The molecular formula is C35H58F3NO5S2. The predicted molar refractivity (Wildman–Crippen MR) is 181 cm³/mol. The quantitative estimate of drug-likeness (QED) is 0.0621. The zero-order chi connectivity index (χ0) is 34.2. The Kier molecular flexibility index (Phi) is 12.7. The van der Waals surface area contributed by atoms with E-state index in [4.69, 9.17) is 4.74 Å². The average molecular weight is 694 g/mol. The van der Waals surface area contributed by atoms with Gasteiger partial charge in [0.05, 0.1) is 19.3 Å². The van der Waals surface area contributed by atoms with E-state index < -0.39 is 41.6 Å². The highest BCUT2D eigenvalue weighted by Crippen LogP contribution is 2.67. The maximum atomic E-state index is 13.2. The van der Waals surface area contributed by atoms with Crippen molar-refractivity contribution in [1.29, 1.82) is 0 Å². The van der Waals surface area contributed by atoms with Gasteiger partial charge in [0.2, 0.25) is 0 Å². The molecule has 0 spiro atoms. The number of thiol groups is 1. The Labute approximate surface area is 284 Å². The van der Waals surface area contributed by atoms with Crippen LogP contribution in [0.25, 0.3) is 0 Å². The van der Waals surface area contributed by atoms with Gasteiger partial charge in [-0.1, -0.05) is 77.7 Å². The van der Waals surface area contributed by atoms with Crippen molar-refractivity contribution in [2.75, 3.05) is 13.2 Å². The largest absolute Gasteiger partial charge is 0.486 e. The number of rotatable bonds is 13. The van der Waals surface area contributed by atoms with E-state index in [9.17, 15) is 33.6 Å². The summed E-state index contributed by atoms with van der Waals surface area (Å²) < 4.78 is 44.6. The Hall–Kier alpha value is -0.430. The predicted octanol–water partition coefficient (Wildman–Crippen LogP) is 6.89. The number of aliphatic hydroxyl groups is 4. The molecule has 6 nitrogen and oxygen atoms in total. The molecule has 4 aliphatic rings. The van der Waals surface area contributed by atoms with Gasteiger partial charge in [0.25, 0.3) is 0 Å². The molecule has 0 aromatic rings. The van der Waals surface area contributed by atoms with Gasteiger partial charge < -0.3 is 25.2 Å². The van der Waals surface area contributed by atoms with Gasteiger partial charge in [-0.3, -0.25) is 4.90 Å². The van der Waals surface area contributed by atoms with Gasteiger partial charge in [-0.15, -0.1) is 12.6 Å². The molecule has 4 rings (SSSR count). The summed E-state index contributed by atoms with van der Waals surface area (Å²) in [6.07, 6.45) is 2.70. The molecule has 11 heteroatoms. The van der Waals surface area contributed by atoms with Crippen LogP contribution in [0.15, 0.2) is 11.6 Å². The van der Waals surface area contributed by atoms with Crippen molar-refractivity contribution in [3.05, 3.63) is 11.6 Å². The van der Waals surface area contributed by atoms with Gasteiger partial charge in [0, 0.05) is 0 Å². The second-order valence-corrected chi connectivity index (χ2v) is 17.1. The van der Waals surface area contributed by atoms with Gasteiger partial charge in [0.1, 0.15) is 28.7 Å². The molecule has 0 aliphatic heterocycles. The fraction of sp³-hybridized carbons (Fsp3) is 0.914. The van der Waals surface area contributed by atoms with Crippen LogP contribution in [-0.2, 0) is 4.74 Å². The summed E-state index contributed by atoms with van der Waals surface area (Å²) in [6, 6.07) is 0. The molecule has 0 saturated heterocycles. The summed E-state index contributed by atoms with van der Waals surface area (Å²) in [5.41, 5.74) is 1.98. The Bertz CT molecular complexity index is 1080. The van der Waals surface area contributed by atoms with E-state index in [-0.39, 0.29) is 23.0 Å². The van der Waals surface area contributed by atoms with Crippen LogP contribution in [0.2, 0.25) is 0 Å². The molecule has 0 aromatic carbocycles. The number of ether oxygens (including phenoxy) is 1. The van der Waals surface area contributed by atoms with Crippen LogP contribution in [0.1, 0.15) is 105 Å². The molecule has 0 heterocycles. The van der Waals surface area contributed by atoms with E-state index in [1.807, 2.05) is 0 Å². The third-order valence-corrected chi connectivity index (χ3v) is 13.3. The standard InChI is InChI=1S/C35H58F3NO5S2/c1-20(2)7-6-8-21(3)25-11-12-26-24-10-9-22-17-23(13-15-33(22,4)27(24)14-16-34(25,26)5)44-19-29(41)31(43)30(42)28(40)18-39(32(45)46)35(36,37)38/h9,20-21,23-31,40-43H,6-8,10-19H2,1-5H3,(H,45,46). The van der Waals surface area contributed by atoms with Crippen LogP contribution in [-0.4, -0.2) is 79.6 Å². The molecule has 46 heavy (non-hydrogen) atoms. The minimum absolute atomic E-state index is 0.126. The van der Waals surface area contributed by atoms with E-state index in [0.29, 0.717) is 17.3 Å². The number of alkyl halides is 3. The van der Waals surface area contributed by atoms with Crippen molar-refractivity contribution in [3.8, 4) is 0 Å². The van der Waals surface area contributed by atoms with Crippen LogP contribution in [0.5, 0.6) is 0 Å². The minimum Gasteiger partial charge on any atom is -0.388 e. The average Bonchev–Trinajstić information content (AvgIpc) is 3.33. The fourth-order valence-electron chi connectivity index (χ4n) is 10.2. The summed E-state index contributed by atoms with van der Waals surface area (Å²) >= 11 is 8.01. The number of halogens is 3. The van der Waals surface area contributed by atoms with Crippen molar-refractivity contribution >= 4 is 29.2 Å². The van der Waals surface area contributed by atoms with Crippen LogP contribution in [0.4, 0.5) is 13.2 Å². The number of allylic oxidation sites excluding steroid dienone is 1. The van der Waals surface area contributed by atoms with Crippen LogP contribution < -0.4 is 0 Å². The molecule has 0 amide bonds. The summed E-state index contributed by atoms with van der Waals surface area (Å²) in [4.78, 5) is -0.316. The van der Waals surface area contributed by atoms with Crippen LogP contribution in [0.3, 0.4) is 0 Å². The highest BCUT2D eigenvalue weighted by atomic mass is 32.1. The number of thiocarbonyl (C=S) groups is 1. The van der Waals surface area contributed by atoms with Gasteiger partial charge in [0.15, 0.2) is 0 Å². The van der Waals surface area contributed by atoms with Crippen LogP contribution in [0, 0.1) is 46.3 Å². The van der Waals surface area contributed by atoms with E-state index in [0.717, 1.165) is 49.4 Å². The van der Waals surface area contributed by atoms with Crippen LogP contribution >= 0.6 is 24.8 Å². The van der Waals surface area contributed by atoms with Gasteiger partial charge in [-0.2, -0.15) is 13.2 Å². The monoisotopic (exact) mass is 693 g/mol. The second kappa shape index (κ2) is 15.2. The first-order valence-corrected chi connectivity index (χ1v) is 18.4. The first kappa shape index (κ1) is 38.4. The number of fused-ring (bicyclic) bond motifs is 5. The van der Waals surface area contributed by atoms with E-state index in [1.54, 1.807) is 0 Å². The van der Waals surface area contributed by atoms with E-state index in [2.05, 4.69) is 65.5 Å². The molecule has 0 aromatic heterocycles. The van der Waals surface area contributed by atoms with Gasteiger partial charge in [-0.05, 0) is 97.7 Å². The Balaban J connectivity index is 1.32. The lowest BCUT2D eigenvalue weighted by Crippen LogP contribution is -2.53. The highest BCUT2D eigenvalue weighted by molar-refractivity contribution is 8.10. The fourth-order valence-corrected chi connectivity index (χ4v) is 10.5. The van der Waals surface area contributed by atoms with Crippen molar-refractivity contribution in [2.45, 2.75) is 142 Å². The van der Waals surface area contributed by atoms with E-state index in [1.165, 1.54) is 50.5 Å². The van der Waals surface area contributed by atoms with Crippen molar-refractivity contribution < 1.29 is 38.3 Å². The number of aliphatic hydroxyl groups excluding tert-OH is 4. The topological polar surface area (TPSA) is 93.4 Å². The maximum Gasteiger partial charge on any atom is 0.486 e. The molecular weight excluding hydrogens is 636 g/mol. The Morgan fingerprint density at radius 3 is 2.30 bits per heavy atom. The molecule has 12 unspecified atom stereocenters. The SMILES string of the molecule is CC(C)CCCC(C)C1CCC2C3CC=C4CC(OCC(O)C(O)C(O)C(O)CN(C(=S)S)C(F)(F)F)CCC4(C)C3CCC12C. The summed E-state index contributed by atoms with van der Waals surface area (Å²) in [7, 11) is 0. The molecule has 4 aliphatic carbocycles. The summed E-state index contributed by atoms with van der Waals surface area (Å²) in [5, 5.41) is 41.4. The summed E-state index contributed by atoms with van der Waals surface area (Å²) in [6.45, 7) is 10.7. The molecule has 3 fully saturated rings. The van der Waals surface area contributed by atoms with Crippen molar-refractivity contribution in [1.82, 2.24) is 4.90 Å². The lowest BCUT2D eigenvalue weighted by molar-refractivity contribution is -0.226. The normalized spacial score (nSPS) is 36.1. The first-order chi connectivity index (χ1) is 21.4. The smallest absolute Gasteiger partial charge is 0.388 e. The molecule has 4 N–H and O–H groups in total. The Morgan fingerprint density at radius 1 is 1.00 bits per heavy atom. The number of hydrogen-bond acceptors (Lipinski definition) is 6. The molecule has 266 valence electrons. The van der Waals surface area contributed by atoms with Gasteiger partial charge in [-0.25, -0.2) is 0 Å². The Morgan fingerprint density at radius 2 is 1.67 bits per heavy atom. The number of nitrogens with zero attached hydrogens (tertiary/aromatic N) is 1. The molecule has 12 atom stereocenters.